The van der Waals surface area contributed by atoms with Gasteiger partial charge in [0.1, 0.15) is 10.8 Å². The predicted molar refractivity (Wildman–Crippen MR) is 92.8 cm³/mol. The average Bonchev–Trinajstić information content (AvgIpc) is 3.25. The molecule has 0 bridgehead atoms. The van der Waals surface area contributed by atoms with E-state index in [1.54, 1.807) is 18.4 Å². The van der Waals surface area contributed by atoms with Crippen LogP contribution in [0.2, 0.25) is 0 Å². The second-order valence-electron chi connectivity index (χ2n) is 5.92. The Hall–Kier alpha value is -1.88. The first kappa shape index (κ1) is 16.0. The van der Waals surface area contributed by atoms with Crippen LogP contribution in [0, 0.1) is 0 Å². The van der Waals surface area contributed by atoms with Gasteiger partial charge in [0.2, 0.25) is 5.91 Å². The van der Waals surface area contributed by atoms with Crippen LogP contribution < -0.4 is 10.1 Å². The highest BCUT2D eigenvalue weighted by Crippen LogP contribution is 2.26. The first-order chi connectivity index (χ1) is 11.2. The minimum absolute atomic E-state index is 0.149. The summed E-state index contributed by atoms with van der Waals surface area (Å²) in [5.41, 5.74) is 2.07. The highest BCUT2D eigenvalue weighted by Gasteiger charge is 2.17. The molecule has 0 radical (unpaired) electrons. The molecule has 1 amide bonds. The van der Waals surface area contributed by atoms with E-state index in [-0.39, 0.29) is 5.91 Å². The number of carbonyl (C=O) groups excluding carboxylic acids is 1. The lowest BCUT2D eigenvalue weighted by atomic mass is 10.2. The summed E-state index contributed by atoms with van der Waals surface area (Å²) in [4.78, 5) is 16.6. The minimum atomic E-state index is 0.149. The van der Waals surface area contributed by atoms with Gasteiger partial charge in [-0.1, -0.05) is 12.8 Å². The van der Waals surface area contributed by atoms with Crippen molar-refractivity contribution in [3.8, 4) is 16.3 Å². The molecule has 1 aromatic heterocycles. The van der Waals surface area contributed by atoms with Crippen LogP contribution in [-0.4, -0.2) is 24.0 Å². The van der Waals surface area contributed by atoms with Gasteiger partial charge in [0.05, 0.1) is 12.8 Å². The van der Waals surface area contributed by atoms with E-state index in [1.807, 2.05) is 29.6 Å². The highest BCUT2D eigenvalue weighted by molar-refractivity contribution is 7.13. The minimum Gasteiger partial charge on any atom is -0.497 e. The fraction of sp³-hybridized carbons (Fsp3) is 0.444. The van der Waals surface area contributed by atoms with Crippen LogP contribution in [0.1, 0.15) is 37.8 Å². The maximum atomic E-state index is 12.0. The topological polar surface area (TPSA) is 51.2 Å². The molecule has 0 atom stereocenters. The number of hydrogen-bond acceptors (Lipinski definition) is 4. The molecular formula is C18H22N2O2S. The molecule has 1 aromatic carbocycles. The van der Waals surface area contributed by atoms with E-state index in [1.165, 1.54) is 12.8 Å². The second-order valence-corrected chi connectivity index (χ2v) is 6.78. The smallest absolute Gasteiger partial charge is 0.220 e. The lowest BCUT2D eigenvalue weighted by Gasteiger charge is -2.11. The van der Waals surface area contributed by atoms with Crippen molar-refractivity contribution in [1.82, 2.24) is 10.3 Å². The molecule has 0 aliphatic heterocycles. The van der Waals surface area contributed by atoms with Crippen molar-refractivity contribution >= 4 is 17.2 Å². The van der Waals surface area contributed by atoms with Gasteiger partial charge in [0.15, 0.2) is 0 Å². The van der Waals surface area contributed by atoms with Crippen LogP contribution >= 0.6 is 11.3 Å². The Morgan fingerprint density at radius 3 is 2.74 bits per heavy atom. The first-order valence-corrected chi connectivity index (χ1v) is 9.01. The Morgan fingerprint density at radius 1 is 1.30 bits per heavy atom. The second kappa shape index (κ2) is 7.59. The van der Waals surface area contributed by atoms with Crippen LogP contribution in [0.5, 0.6) is 5.75 Å². The Bertz CT molecular complexity index is 645. The van der Waals surface area contributed by atoms with E-state index in [0.29, 0.717) is 18.9 Å². The molecular weight excluding hydrogens is 308 g/mol. The molecule has 23 heavy (non-hydrogen) atoms. The number of benzene rings is 1. The zero-order chi connectivity index (χ0) is 16.1. The van der Waals surface area contributed by atoms with Gasteiger partial charge >= 0.3 is 0 Å². The monoisotopic (exact) mass is 330 g/mol. The largest absolute Gasteiger partial charge is 0.497 e. The van der Waals surface area contributed by atoms with Gasteiger partial charge in [0, 0.05) is 23.4 Å². The summed E-state index contributed by atoms with van der Waals surface area (Å²) in [5.74, 6) is 0.991. The van der Waals surface area contributed by atoms with Crippen LogP contribution in [0.3, 0.4) is 0 Å². The van der Waals surface area contributed by atoms with Gasteiger partial charge in [-0.2, -0.15) is 0 Å². The van der Waals surface area contributed by atoms with E-state index in [4.69, 9.17) is 4.74 Å². The van der Waals surface area contributed by atoms with E-state index in [2.05, 4.69) is 10.3 Å². The van der Waals surface area contributed by atoms with Gasteiger partial charge < -0.3 is 10.1 Å². The number of carbonyl (C=O) groups is 1. The van der Waals surface area contributed by atoms with Gasteiger partial charge in [0.25, 0.3) is 0 Å². The number of ether oxygens (including phenoxy) is 1. The molecule has 5 heteroatoms. The maximum absolute atomic E-state index is 12.0. The molecule has 122 valence electrons. The van der Waals surface area contributed by atoms with Crippen molar-refractivity contribution in [2.45, 2.75) is 44.6 Å². The van der Waals surface area contributed by atoms with Gasteiger partial charge in [-0.15, -0.1) is 11.3 Å². The van der Waals surface area contributed by atoms with E-state index >= 15 is 0 Å². The number of aryl methyl sites for hydroxylation is 1. The van der Waals surface area contributed by atoms with Crippen molar-refractivity contribution in [2.24, 2.45) is 0 Å². The summed E-state index contributed by atoms with van der Waals surface area (Å²) in [6, 6.07) is 8.28. The van der Waals surface area contributed by atoms with Crippen LogP contribution in [-0.2, 0) is 11.2 Å². The lowest BCUT2D eigenvalue weighted by Crippen LogP contribution is -2.32. The van der Waals surface area contributed by atoms with Crippen molar-refractivity contribution in [3.63, 3.8) is 0 Å². The summed E-state index contributed by atoms with van der Waals surface area (Å²) in [7, 11) is 1.66. The number of methoxy groups -OCH3 is 1. The first-order valence-electron chi connectivity index (χ1n) is 8.13. The lowest BCUT2D eigenvalue weighted by molar-refractivity contribution is -0.121. The number of rotatable bonds is 6. The fourth-order valence-corrected chi connectivity index (χ4v) is 3.76. The summed E-state index contributed by atoms with van der Waals surface area (Å²) < 4.78 is 5.17. The standard InChI is InChI=1S/C18H22N2O2S/c1-22-16-9-6-13(7-10-16)18-20-15(12-23-18)8-11-17(21)19-14-4-2-3-5-14/h6-7,9-10,12,14H,2-5,8,11H2,1H3,(H,19,21). The molecule has 1 N–H and O–H groups in total. The van der Waals surface area contributed by atoms with Crippen LogP contribution in [0.15, 0.2) is 29.6 Å². The summed E-state index contributed by atoms with van der Waals surface area (Å²) in [5, 5.41) is 6.15. The van der Waals surface area contributed by atoms with Crippen molar-refractivity contribution in [2.75, 3.05) is 7.11 Å². The summed E-state index contributed by atoms with van der Waals surface area (Å²) >= 11 is 1.62. The quantitative estimate of drug-likeness (QED) is 0.876. The van der Waals surface area contributed by atoms with Gasteiger partial charge in [-0.25, -0.2) is 4.98 Å². The zero-order valence-corrected chi connectivity index (χ0v) is 14.2. The molecule has 4 nitrogen and oxygen atoms in total. The molecule has 1 aliphatic rings. The molecule has 1 heterocycles. The number of nitrogens with one attached hydrogen (secondary N) is 1. The van der Waals surface area contributed by atoms with Crippen LogP contribution in [0.4, 0.5) is 0 Å². The highest BCUT2D eigenvalue weighted by atomic mass is 32.1. The molecule has 3 rings (SSSR count). The Balaban J connectivity index is 1.53. The van der Waals surface area contributed by atoms with E-state index < -0.39 is 0 Å². The Kier molecular flexibility index (Phi) is 5.28. The van der Waals surface area contributed by atoms with E-state index in [9.17, 15) is 4.79 Å². The number of amides is 1. The van der Waals surface area contributed by atoms with Crippen molar-refractivity contribution in [3.05, 3.63) is 35.3 Å². The van der Waals surface area contributed by atoms with Gasteiger partial charge in [-0.3, -0.25) is 4.79 Å². The van der Waals surface area contributed by atoms with Crippen LogP contribution in [0.25, 0.3) is 10.6 Å². The average molecular weight is 330 g/mol. The number of hydrogen-bond donors (Lipinski definition) is 1. The maximum Gasteiger partial charge on any atom is 0.220 e. The zero-order valence-electron chi connectivity index (χ0n) is 13.4. The molecule has 2 aromatic rings. The molecule has 1 saturated carbocycles. The molecule has 0 unspecified atom stereocenters. The Labute approximate surface area is 140 Å². The number of aromatic nitrogens is 1. The molecule has 1 aliphatic carbocycles. The third kappa shape index (κ3) is 4.32. The molecule has 1 fully saturated rings. The third-order valence-electron chi connectivity index (χ3n) is 4.22. The normalized spacial score (nSPS) is 14.8. The van der Waals surface area contributed by atoms with Crippen molar-refractivity contribution < 1.29 is 9.53 Å². The van der Waals surface area contributed by atoms with Gasteiger partial charge in [-0.05, 0) is 43.5 Å². The summed E-state index contributed by atoms with van der Waals surface area (Å²) in [6.07, 6.45) is 5.95. The SMILES string of the molecule is COc1ccc(-c2nc(CCC(=O)NC3CCCC3)cs2)cc1. The third-order valence-corrected chi connectivity index (χ3v) is 5.16. The molecule has 0 saturated heterocycles. The number of thiazole rings is 1. The summed E-state index contributed by atoms with van der Waals surface area (Å²) in [6.45, 7) is 0. The van der Waals surface area contributed by atoms with E-state index in [0.717, 1.165) is 34.9 Å². The van der Waals surface area contributed by atoms with Crippen molar-refractivity contribution in [1.29, 1.82) is 0 Å². The fourth-order valence-electron chi connectivity index (χ4n) is 2.90. The molecule has 0 spiro atoms. The predicted octanol–water partition coefficient (Wildman–Crippen LogP) is 3.81. The number of nitrogens with zero attached hydrogens (tertiary/aromatic N) is 1. The Morgan fingerprint density at radius 2 is 2.04 bits per heavy atom.